The monoisotopic (exact) mass is 355 g/mol. The number of aliphatic hydroxyl groups excluding tert-OH is 1. The van der Waals surface area contributed by atoms with E-state index in [0.29, 0.717) is 29.1 Å². The fraction of sp³-hybridized carbons (Fsp3) is 0.375. The summed E-state index contributed by atoms with van der Waals surface area (Å²) in [5.41, 5.74) is 0. The van der Waals surface area contributed by atoms with Crippen LogP contribution in [0, 0.1) is 0 Å². The van der Waals surface area contributed by atoms with Gasteiger partial charge in [-0.25, -0.2) is 8.42 Å². The Morgan fingerprint density at radius 2 is 1.71 bits per heavy atom. The molecule has 0 bridgehead atoms. The number of aliphatic hydroxyl groups is 1. The van der Waals surface area contributed by atoms with E-state index in [1.807, 2.05) is 19.2 Å². The Labute approximate surface area is 141 Å². The minimum Gasteiger partial charge on any atom is -0.716 e. The van der Waals surface area contributed by atoms with Crippen molar-refractivity contribution in [3.8, 4) is 11.5 Å². The molecule has 0 aliphatic rings. The molecular weight excluding hydrogens is 334 g/mol. The van der Waals surface area contributed by atoms with Crippen LogP contribution in [0.5, 0.6) is 11.5 Å². The number of rotatable bonds is 8. The van der Waals surface area contributed by atoms with E-state index >= 15 is 0 Å². The Kier molecular flexibility index (Phi) is 6.00. The molecule has 0 aliphatic carbocycles. The lowest BCUT2D eigenvalue weighted by Crippen LogP contribution is -2.90. The van der Waals surface area contributed by atoms with Crippen molar-refractivity contribution in [2.75, 3.05) is 13.2 Å². The maximum absolute atomic E-state index is 10.8. The van der Waals surface area contributed by atoms with Gasteiger partial charge in [0.1, 0.15) is 30.8 Å². The SMILES string of the molecule is CC(C)[NH2+]C[C@@H](O)COc1ccc(OS(=O)(=O)[O-])c2ccccc12. The van der Waals surface area contributed by atoms with Crippen molar-refractivity contribution in [3.63, 3.8) is 0 Å². The van der Waals surface area contributed by atoms with Crippen LogP contribution in [0.1, 0.15) is 13.8 Å². The summed E-state index contributed by atoms with van der Waals surface area (Å²) < 4.78 is 42.6. The van der Waals surface area contributed by atoms with E-state index < -0.39 is 16.5 Å². The van der Waals surface area contributed by atoms with Gasteiger partial charge in [0.25, 0.3) is 10.4 Å². The van der Waals surface area contributed by atoms with Crippen LogP contribution >= 0.6 is 0 Å². The summed E-state index contributed by atoms with van der Waals surface area (Å²) in [5, 5.41) is 13.0. The number of hydrogen-bond donors (Lipinski definition) is 2. The molecule has 0 spiro atoms. The molecule has 0 radical (unpaired) electrons. The molecule has 0 heterocycles. The minimum atomic E-state index is -4.86. The van der Waals surface area contributed by atoms with Gasteiger partial charge in [0.05, 0.1) is 6.04 Å². The number of benzene rings is 2. The summed E-state index contributed by atoms with van der Waals surface area (Å²) in [6.07, 6.45) is -0.635. The molecule has 0 saturated heterocycles. The first kappa shape index (κ1) is 18.5. The van der Waals surface area contributed by atoms with Gasteiger partial charge in [-0.2, -0.15) is 0 Å². The first-order valence-electron chi connectivity index (χ1n) is 7.57. The van der Waals surface area contributed by atoms with E-state index in [1.165, 1.54) is 12.1 Å². The molecule has 132 valence electrons. The predicted molar refractivity (Wildman–Crippen MR) is 87.7 cm³/mol. The average molecular weight is 355 g/mol. The van der Waals surface area contributed by atoms with Gasteiger partial charge in [-0.3, -0.25) is 0 Å². The molecule has 8 heteroatoms. The Morgan fingerprint density at radius 3 is 2.29 bits per heavy atom. The molecule has 0 saturated carbocycles. The molecular formula is C16H21NO6S. The van der Waals surface area contributed by atoms with Crippen molar-refractivity contribution in [1.29, 1.82) is 0 Å². The van der Waals surface area contributed by atoms with Crippen LogP contribution in [-0.4, -0.2) is 43.4 Å². The van der Waals surface area contributed by atoms with E-state index in [9.17, 15) is 18.1 Å². The van der Waals surface area contributed by atoms with Crippen LogP contribution in [0.4, 0.5) is 0 Å². The van der Waals surface area contributed by atoms with Crippen molar-refractivity contribution in [1.82, 2.24) is 0 Å². The summed E-state index contributed by atoms with van der Waals surface area (Å²) in [6.45, 7) is 4.69. The molecule has 1 atom stereocenters. The van der Waals surface area contributed by atoms with E-state index in [4.69, 9.17) is 4.74 Å². The van der Waals surface area contributed by atoms with Gasteiger partial charge in [-0.1, -0.05) is 24.3 Å². The maximum atomic E-state index is 10.8. The lowest BCUT2D eigenvalue weighted by molar-refractivity contribution is -0.688. The van der Waals surface area contributed by atoms with Crippen molar-refractivity contribution in [3.05, 3.63) is 36.4 Å². The van der Waals surface area contributed by atoms with E-state index in [1.54, 1.807) is 24.3 Å². The predicted octanol–water partition coefficient (Wildman–Crippen LogP) is 0.390. The Balaban J connectivity index is 2.19. The molecule has 2 rings (SSSR count). The van der Waals surface area contributed by atoms with Crippen LogP contribution in [0.25, 0.3) is 10.8 Å². The fourth-order valence-corrected chi connectivity index (χ4v) is 2.60. The number of quaternary nitrogens is 1. The van der Waals surface area contributed by atoms with Crippen LogP contribution in [0.3, 0.4) is 0 Å². The van der Waals surface area contributed by atoms with Gasteiger partial charge >= 0.3 is 0 Å². The average Bonchev–Trinajstić information content (AvgIpc) is 2.51. The highest BCUT2D eigenvalue weighted by atomic mass is 32.3. The molecule has 3 N–H and O–H groups in total. The zero-order valence-corrected chi connectivity index (χ0v) is 14.3. The first-order valence-corrected chi connectivity index (χ1v) is 8.91. The molecule has 0 unspecified atom stereocenters. The highest BCUT2D eigenvalue weighted by Gasteiger charge is 2.13. The quantitative estimate of drug-likeness (QED) is 0.523. The molecule has 2 aromatic rings. The second-order valence-corrected chi connectivity index (χ2v) is 6.76. The fourth-order valence-electron chi connectivity index (χ4n) is 2.24. The van der Waals surface area contributed by atoms with Crippen molar-refractivity contribution in [2.24, 2.45) is 0 Å². The third kappa shape index (κ3) is 5.34. The molecule has 2 aromatic carbocycles. The van der Waals surface area contributed by atoms with Crippen LogP contribution < -0.4 is 14.2 Å². The summed E-state index contributed by atoms with van der Waals surface area (Å²) in [4.78, 5) is 0. The highest BCUT2D eigenvalue weighted by Crippen LogP contribution is 2.33. The molecule has 24 heavy (non-hydrogen) atoms. The lowest BCUT2D eigenvalue weighted by atomic mass is 10.1. The van der Waals surface area contributed by atoms with Crippen LogP contribution in [0.15, 0.2) is 36.4 Å². The van der Waals surface area contributed by atoms with Gasteiger partial charge in [-0.15, -0.1) is 0 Å². The Hall–Kier alpha value is -1.87. The maximum Gasteiger partial charge on any atom is 0.262 e. The standard InChI is InChI=1S/C16H21NO6S/c1-11(2)17-9-12(18)10-22-15-7-8-16(23-24(19,20)21)14-6-4-3-5-13(14)15/h3-8,11-12,17-18H,9-10H2,1-2H3,(H,19,20,21)/t12-/m1/s1. The molecule has 0 amide bonds. The zero-order valence-electron chi connectivity index (χ0n) is 13.5. The Morgan fingerprint density at radius 1 is 1.12 bits per heavy atom. The van der Waals surface area contributed by atoms with Crippen LogP contribution in [-0.2, 0) is 10.4 Å². The largest absolute Gasteiger partial charge is 0.716 e. The second-order valence-electron chi connectivity index (χ2n) is 5.78. The summed E-state index contributed by atoms with van der Waals surface area (Å²) in [5.74, 6) is 0.423. The number of nitrogens with two attached hydrogens (primary N) is 1. The van der Waals surface area contributed by atoms with Crippen molar-refractivity contribution in [2.45, 2.75) is 26.0 Å². The zero-order chi connectivity index (χ0) is 17.7. The molecule has 0 aliphatic heterocycles. The third-order valence-electron chi connectivity index (χ3n) is 3.35. The molecule has 7 nitrogen and oxygen atoms in total. The van der Waals surface area contributed by atoms with Gasteiger partial charge in [0, 0.05) is 10.8 Å². The molecule has 0 fully saturated rings. The number of ether oxygens (including phenoxy) is 1. The minimum absolute atomic E-state index is 0.0540. The first-order chi connectivity index (χ1) is 11.3. The van der Waals surface area contributed by atoms with Crippen molar-refractivity contribution >= 4 is 21.2 Å². The lowest BCUT2D eigenvalue weighted by Gasteiger charge is -2.16. The van der Waals surface area contributed by atoms with Gasteiger partial charge in [0.2, 0.25) is 0 Å². The van der Waals surface area contributed by atoms with Gasteiger partial charge in [-0.05, 0) is 26.0 Å². The van der Waals surface area contributed by atoms with Gasteiger partial charge in [0.15, 0.2) is 0 Å². The van der Waals surface area contributed by atoms with E-state index in [2.05, 4.69) is 4.18 Å². The highest BCUT2D eigenvalue weighted by molar-refractivity contribution is 7.81. The smallest absolute Gasteiger partial charge is 0.262 e. The Bertz CT molecular complexity index is 790. The van der Waals surface area contributed by atoms with Gasteiger partial charge < -0.3 is 23.9 Å². The topological polar surface area (TPSA) is 112 Å². The summed E-state index contributed by atoms with van der Waals surface area (Å²) in [6, 6.07) is 10.1. The summed E-state index contributed by atoms with van der Waals surface area (Å²) in [7, 11) is -4.86. The van der Waals surface area contributed by atoms with Crippen molar-refractivity contribution < 1.29 is 32.3 Å². The normalized spacial score (nSPS) is 13.2. The number of hydrogen-bond acceptors (Lipinski definition) is 6. The molecule has 0 aromatic heterocycles. The van der Waals surface area contributed by atoms with Crippen LogP contribution in [0.2, 0.25) is 0 Å². The third-order valence-corrected chi connectivity index (χ3v) is 3.73. The number of fused-ring (bicyclic) bond motifs is 1. The second kappa shape index (κ2) is 7.80. The van der Waals surface area contributed by atoms with E-state index in [-0.39, 0.29) is 12.4 Å². The van der Waals surface area contributed by atoms with E-state index in [0.717, 1.165) is 0 Å². The summed E-state index contributed by atoms with van der Waals surface area (Å²) >= 11 is 0.